The Hall–Kier alpha value is -0.315. The number of hydrogen-bond acceptors (Lipinski definition) is 3. The average Bonchev–Trinajstić information content (AvgIpc) is 2.16. The van der Waals surface area contributed by atoms with Crippen molar-refractivity contribution < 1.29 is 14.8 Å². The van der Waals surface area contributed by atoms with Crippen molar-refractivity contribution in [1.29, 1.82) is 0 Å². The molecule has 0 bridgehead atoms. The minimum absolute atomic E-state index is 0.0867. The van der Waals surface area contributed by atoms with E-state index in [0.29, 0.717) is 0 Å². The van der Waals surface area contributed by atoms with Gasteiger partial charge in [0.25, 0.3) is 0 Å². The highest BCUT2D eigenvalue weighted by atomic mass is 16.5. The van der Waals surface area contributed by atoms with Crippen LogP contribution >= 0.6 is 0 Å². The van der Waals surface area contributed by atoms with Crippen LogP contribution in [0.2, 0.25) is 5.82 Å². The van der Waals surface area contributed by atoms with Crippen LogP contribution in [0.15, 0.2) is 11.6 Å². The van der Waals surface area contributed by atoms with Crippen LogP contribution in [0.3, 0.4) is 0 Å². The number of hydrogen-bond donors (Lipinski definition) is 2. The molecule has 0 aromatic heterocycles. The summed E-state index contributed by atoms with van der Waals surface area (Å²) in [6.45, 7) is 2.03. The first-order valence-corrected chi connectivity index (χ1v) is 4.78. The van der Waals surface area contributed by atoms with Crippen molar-refractivity contribution >= 4 is 7.12 Å². The Morgan fingerprint density at radius 2 is 2.23 bits per heavy atom. The van der Waals surface area contributed by atoms with Gasteiger partial charge in [0.15, 0.2) is 0 Å². The second-order valence-corrected chi connectivity index (χ2v) is 3.47. The fraction of sp³-hybridized carbons (Fsp3) is 0.778. The van der Waals surface area contributed by atoms with Gasteiger partial charge in [-0.15, -0.1) is 0 Å². The van der Waals surface area contributed by atoms with Crippen LogP contribution in [0.4, 0.5) is 0 Å². The van der Waals surface area contributed by atoms with Gasteiger partial charge in [0.1, 0.15) is 0 Å². The predicted octanol–water partition coefficient (Wildman–Crippen LogP) is 0.975. The maximum Gasteiger partial charge on any atom is 0.459 e. The van der Waals surface area contributed by atoms with Gasteiger partial charge >= 0.3 is 7.12 Å². The molecule has 2 N–H and O–H groups in total. The van der Waals surface area contributed by atoms with Crippen LogP contribution in [0.25, 0.3) is 0 Å². The Morgan fingerprint density at radius 3 is 2.69 bits per heavy atom. The third-order valence-electron chi connectivity index (χ3n) is 2.71. The Bertz CT molecular complexity index is 191. The summed E-state index contributed by atoms with van der Waals surface area (Å²) in [5.74, 6) is -0.0867. The summed E-state index contributed by atoms with van der Waals surface area (Å²) in [5.41, 5.74) is 1.10. The Kier molecular flexibility index (Phi) is 3.97. The lowest BCUT2D eigenvalue weighted by Gasteiger charge is -2.27. The highest BCUT2D eigenvalue weighted by Gasteiger charge is 2.30. The molecule has 3 nitrogen and oxygen atoms in total. The zero-order valence-corrected chi connectivity index (χ0v) is 8.23. The van der Waals surface area contributed by atoms with Crippen LogP contribution in [0.1, 0.15) is 26.2 Å². The van der Waals surface area contributed by atoms with Crippen molar-refractivity contribution in [2.45, 2.75) is 38.1 Å². The minimum Gasteiger partial charge on any atom is -0.427 e. The molecule has 0 spiro atoms. The Labute approximate surface area is 79.6 Å². The second-order valence-electron chi connectivity index (χ2n) is 3.47. The molecule has 2 unspecified atom stereocenters. The first kappa shape index (κ1) is 10.8. The third kappa shape index (κ3) is 2.56. The molecule has 74 valence electrons. The highest BCUT2D eigenvalue weighted by molar-refractivity contribution is 6.44. The molecular weight excluding hydrogens is 167 g/mol. The first-order valence-electron chi connectivity index (χ1n) is 4.78. The Balaban J connectivity index is 2.70. The molecule has 0 fully saturated rings. The van der Waals surface area contributed by atoms with E-state index in [1.165, 1.54) is 0 Å². The molecule has 0 amide bonds. The van der Waals surface area contributed by atoms with Gasteiger partial charge in [-0.25, -0.2) is 0 Å². The van der Waals surface area contributed by atoms with Gasteiger partial charge in [-0.05, 0) is 19.3 Å². The molecule has 0 radical (unpaired) electrons. The number of methoxy groups -OCH3 is 1. The SMILES string of the molecule is CCC1=CC(OC)CCC1B(O)O. The van der Waals surface area contributed by atoms with E-state index in [1.807, 2.05) is 13.0 Å². The van der Waals surface area contributed by atoms with Crippen molar-refractivity contribution in [1.82, 2.24) is 0 Å². The van der Waals surface area contributed by atoms with E-state index >= 15 is 0 Å². The van der Waals surface area contributed by atoms with Crippen molar-refractivity contribution in [3.8, 4) is 0 Å². The van der Waals surface area contributed by atoms with E-state index in [1.54, 1.807) is 7.11 Å². The summed E-state index contributed by atoms with van der Waals surface area (Å²) < 4.78 is 5.21. The predicted molar refractivity (Wildman–Crippen MR) is 52.3 cm³/mol. The molecule has 2 atom stereocenters. The van der Waals surface area contributed by atoms with Crippen LogP contribution in [-0.4, -0.2) is 30.4 Å². The molecule has 1 aliphatic rings. The third-order valence-corrected chi connectivity index (χ3v) is 2.71. The zero-order valence-electron chi connectivity index (χ0n) is 8.23. The molecule has 1 rings (SSSR count). The topological polar surface area (TPSA) is 49.7 Å². The fourth-order valence-corrected chi connectivity index (χ4v) is 1.88. The van der Waals surface area contributed by atoms with Crippen molar-refractivity contribution in [2.75, 3.05) is 7.11 Å². The summed E-state index contributed by atoms with van der Waals surface area (Å²) in [7, 11) is 0.466. The molecule has 0 saturated carbocycles. The van der Waals surface area contributed by atoms with E-state index < -0.39 is 7.12 Å². The molecule has 0 saturated heterocycles. The van der Waals surface area contributed by atoms with Gasteiger partial charge in [-0.2, -0.15) is 0 Å². The monoisotopic (exact) mass is 184 g/mol. The van der Waals surface area contributed by atoms with Crippen LogP contribution in [0, 0.1) is 0 Å². The largest absolute Gasteiger partial charge is 0.459 e. The van der Waals surface area contributed by atoms with Crippen LogP contribution < -0.4 is 0 Å². The molecule has 1 aliphatic carbocycles. The Morgan fingerprint density at radius 1 is 1.54 bits per heavy atom. The van der Waals surface area contributed by atoms with Gasteiger partial charge in [-0.1, -0.05) is 18.6 Å². The zero-order chi connectivity index (χ0) is 9.84. The van der Waals surface area contributed by atoms with Gasteiger partial charge < -0.3 is 14.8 Å². The molecular formula is C9H17BO3. The summed E-state index contributed by atoms with van der Waals surface area (Å²) >= 11 is 0. The van der Waals surface area contributed by atoms with Gasteiger partial charge in [0.05, 0.1) is 6.10 Å². The molecule has 0 aromatic carbocycles. The molecule has 13 heavy (non-hydrogen) atoms. The lowest BCUT2D eigenvalue weighted by atomic mass is 9.63. The standard InChI is InChI=1S/C9H17BO3/c1-3-7-6-8(13-2)4-5-9(7)10(11)12/h6,8-9,11-12H,3-5H2,1-2H3. The summed E-state index contributed by atoms with van der Waals surface area (Å²) in [6, 6.07) is 0. The van der Waals surface area contributed by atoms with E-state index in [0.717, 1.165) is 24.8 Å². The van der Waals surface area contributed by atoms with Crippen molar-refractivity contribution in [3.63, 3.8) is 0 Å². The minimum atomic E-state index is -1.22. The maximum atomic E-state index is 9.11. The number of rotatable bonds is 3. The lowest BCUT2D eigenvalue weighted by Crippen LogP contribution is -2.27. The fourth-order valence-electron chi connectivity index (χ4n) is 1.88. The van der Waals surface area contributed by atoms with Gasteiger partial charge in [0.2, 0.25) is 0 Å². The quantitative estimate of drug-likeness (QED) is 0.507. The van der Waals surface area contributed by atoms with Gasteiger partial charge in [0, 0.05) is 12.9 Å². The summed E-state index contributed by atoms with van der Waals surface area (Å²) in [5, 5.41) is 18.2. The second kappa shape index (κ2) is 4.79. The van der Waals surface area contributed by atoms with E-state index in [2.05, 4.69) is 0 Å². The first-order chi connectivity index (χ1) is 6.19. The number of allylic oxidation sites excluding steroid dienone is 1. The molecule has 4 heteroatoms. The molecule has 0 aromatic rings. The maximum absolute atomic E-state index is 9.11. The summed E-state index contributed by atoms with van der Waals surface area (Å²) in [4.78, 5) is 0. The van der Waals surface area contributed by atoms with Gasteiger partial charge in [-0.3, -0.25) is 0 Å². The van der Waals surface area contributed by atoms with E-state index in [-0.39, 0.29) is 11.9 Å². The van der Waals surface area contributed by atoms with Crippen LogP contribution in [0.5, 0.6) is 0 Å². The lowest BCUT2D eigenvalue weighted by molar-refractivity contribution is 0.125. The highest BCUT2D eigenvalue weighted by Crippen LogP contribution is 2.33. The van der Waals surface area contributed by atoms with Crippen molar-refractivity contribution in [2.24, 2.45) is 0 Å². The average molecular weight is 184 g/mol. The van der Waals surface area contributed by atoms with E-state index in [4.69, 9.17) is 14.8 Å². The van der Waals surface area contributed by atoms with E-state index in [9.17, 15) is 0 Å². The van der Waals surface area contributed by atoms with Crippen molar-refractivity contribution in [3.05, 3.63) is 11.6 Å². The summed E-state index contributed by atoms with van der Waals surface area (Å²) in [6.07, 6.45) is 4.72. The smallest absolute Gasteiger partial charge is 0.427 e. The normalized spacial score (nSPS) is 28.5. The molecule has 0 heterocycles. The number of ether oxygens (including phenoxy) is 1. The van der Waals surface area contributed by atoms with Crippen LogP contribution in [-0.2, 0) is 4.74 Å². The molecule has 0 aliphatic heterocycles.